The number of anilines is 2. The molecule has 0 fully saturated rings. The van der Waals surface area contributed by atoms with Gasteiger partial charge < -0.3 is 4.90 Å². The molecule has 0 aliphatic rings. The number of aromatic nitrogens is 2. The summed E-state index contributed by atoms with van der Waals surface area (Å²) >= 11 is 6.04. The van der Waals surface area contributed by atoms with Gasteiger partial charge in [-0.1, -0.05) is 17.7 Å². The molecule has 1 aromatic heterocycles. The van der Waals surface area contributed by atoms with Gasteiger partial charge in [0, 0.05) is 19.5 Å². The van der Waals surface area contributed by atoms with Crippen LogP contribution in [-0.2, 0) is 18.8 Å². The molecule has 1 heterocycles. The summed E-state index contributed by atoms with van der Waals surface area (Å²) in [5.41, 5.74) is -1.84. The highest BCUT2D eigenvalue weighted by Crippen LogP contribution is 2.37. The quantitative estimate of drug-likeness (QED) is 0.405. The van der Waals surface area contributed by atoms with Gasteiger partial charge in [0.25, 0.3) is 0 Å². The van der Waals surface area contributed by atoms with Gasteiger partial charge in [-0.2, -0.15) is 26.3 Å². The monoisotopic (exact) mass is 463 g/mol. The van der Waals surface area contributed by atoms with Crippen LogP contribution >= 0.6 is 11.6 Å². The van der Waals surface area contributed by atoms with E-state index in [9.17, 15) is 30.7 Å². The Labute approximate surface area is 177 Å². The van der Waals surface area contributed by atoms with Gasteiger partial charge in [-0.05, 0) is 35.9 Å². The number of nitrogens with zero attached hydrogens (tertiary/aromatic N) is 3. The summed E-state index contributed by atoms with van der Waals surface area (Å²) in [6.45, 7) is 0. The maximum Gasteiger partial charge on any atom is 0.419 e. The summed E-state index contributed by atoms with van der Waals surface area (Å²) < 4.78 is 91.3. The number of rotatable bonds is 4. The first kappa shape index (κ1) is 22.8. The molecule has 164 valence electrons. The molecule has 0 saturated heterocycles. The van der Waals surface area contributed by atoms with E-state index in [2.05, 4.69) is 9.97 Å². The Kier molecular flexibility index (Phi) is 6.13. The smallest absolute Gasteiger partial charge is 0.328 e. The Morgan fingerprint density at radius 3 is 2.26 bits per heavy atom. The average Bonchev–Trinajstić information content (AvgIpc) is 2.68. The van der Waals surface area contributed by atoms with Crippen LogP contribution in [0, 0.1) is 5.82 Å². The highest BCUT2D eigenvalue weighted by atomic mass is 35.5. The normalized spacial score (nSPS) is 12.2. The second-order valence-electron chi connectivity index (χ2n) is 6.58. The lowest BCUT2D eigenvalue weighted by Crippen LogP contribution is -2.14. The Morgan fingerprint density at radius 2 is 1.61 bits per heavy atom. The average molecular weight is 464 g/mol. The largest absolute Gasteiger partial charge is 0.419 e. The fraction of sp³-hybridized carbons (Fsp3) is 0.200. The van der Waals surface area contributed by atoms with Crippen molar-refractivity contribution in [3.8, 4) is 0 Å². The Balaban J connectivity index is 1.91. The third-order valence-corrected chi connectivity index (χ3v) is 4.73. The second-order valence-corrected chi connectivity index (χ2v) is 6.99. The lowest BCUT2D eigenvalue weighted by atomic mass is 10.1. The summed E-state index contributed by atoms with van der Waals surface area (Å²) in [6, 6.07) is 6.80. The Morgan fingerprint density at radius 1 is 0.903 bits per heavy atom. The molecule has 0 aliphatic carbocycles. The predicted octanol–water partition coefficient (Wildman–Crippen LogP) is 6.67. The summed E-state index contributed by atoms with van der Waals surface area (Å²) in [5, 5.41) is 0.0454. The van der Waals surface area contributed by atoms with Crippen molar-refractivity contribution in [1.29, 1.82) is 0 Å². The van der Waals surface area contributed by atoms with Crippen molar-refractivity contribution in [1.82, 2.24) is 9.97 Å². The number of hydrogen-bond acceptors (Lipinski definition) is 3. The summed E-state index contributed by atoms with van der Waals surface area (Å²) in [7, 11) is 1.44. The van der Waals surface area contributed by atoms with Gasteiger partial charge in [-0.15, -0.1) is 0 Å². The molecule has 0 unspecified atom stereocenters. The second kappa shape index (κ2) is 8.33. The van der Waals surface area contributed by atoms with Crippen molar-refractivity contribution in [3.05, 3.63) is 82.0 Å². The molecular formula is C20H13ClF7N3. The zero-order valence-electron chi connectivity index (χ0n) is 15.7. The van der Waals surface area contributed by atoms with Crippen LogP contribution in [0.4, 0.5) is 42.2 Å². The standard InChI is InChI=1S/C20H13ClF7N3/c1-31(17-8-12(19(23,24)25)3-4-15(17)21)18-9-13(29-10-30-18)6-11-2-5-16(22)14(7-11)20(26,27)28/h2-5,7-10H,6H2,1H3. The van der Waals surface area contributed by atoms with Crippen LogP contribution in [0.5, 0.6) is 0 Å². The fourth-order valence-corrected chi connectivity index (χ4v) is 3.09. The first-order chi connectivity index (χ1) is 14.4. The Bertz CT molecular complexity index is 1100. The van der Waals surface area contributed by atoms with Gasteiger partial charge >= 0.3 is 12.4 Å². The van der Waals surface area contributed by atoms with Crippen molar-refractivity contribution < 1.29 is 30.7 Å². The highest BCUT2D eigenvalue weighted by Gasteiger charge is 2.34. The van der Waals surface area contributed by atoms with Crippen molar-refractivity contribution in [2.24, 2.45) is 0 Å². The van der Waals surface area contributed by atoms with E-state index in [1.807, 2.05) is 0 Å². The van der Waals surface area contributed by atoms with Gasteiger partial charge in [0.05, 0.1) is 27.5 Å². The molecule has 11 heteroatoms. The molecule has 0 radical (unpaired) electrons. The molecule has 3 nitrogen and oxygen atoms in total. The molecule has 0 saturated carbocycles. The lowest BCUT2D eigenvalue weighted by Gasteiger charge is -2.21. The molecule has 0 bridgehead atoms. The molecule has 3 aromatic rings. The van der Waals surface area contributed by atoms with Crippen LogP contribution in [-0.4, -0.2) is 17.0 Å². The van der Waals surface area contributed by atoms with E-state index in [1.54, 1.807) is 0 Å². The zero-order valence-corrected chi connectivity index (χ0v) is 16.4. The molecule has 0 atom stereocenters. The van der Waals surface area contributed by atoms with E-state index in [4.69, 9.17) is 11.6 Å². The van der Waals surface area contributed by atoms with Crippen LogP contribution in [0.15, 0.2) is 48.8 Å². The minimum Gasteiger partial charge on any atom is -0.328 e. The van der Waals surface area contributed by atoms with Gasteiger partial charge in [0.2, 0.25) is 0 Å². The van der Waals surface area contributed by atoms with Gasteiger partial charge in [-0.3, -0.25) is 0 Å². The van der Waals surface area contributed by atoms with Crippen molar-refractivity contribution in [2.45, 2.75) is 18.8 Å². The van der Waals surface area contributed by atoms with Gasteiger partial charge in [0.1, 0.15) is 18.0 Å². The molecule has 31 heavy (non-hydrogen) atoms. The summed E-state index contributed by atoms with van der Waals surface area (Å²) in [5.74, 6) is -1.22. The first-order valence-electron chi connectivity index (χ1n) is 8.63. The zero-order chi connectivity index (χ0) is 23.0. The SMILES string of the molecule is CN(c1cc(Cc2ccc(F)c(C(F)(F)F)c2)ncn1)c1cc(C(F)(F)F)ccc1Cl. The highest BCUT2D eigenvalue weighted by molar-refractivity contribution is 6.33. The molecule has 0 aliphatic heterocycles. The number of benzene rings is 2. The number of halogens is 8. The fourth-order valence-electron chi connectivity index (χ4n) is 2.84. The van der Waals surface area contributed by atoms with Crippen LogP contribution in [0.2, 0.25) is 5.02 Å². The molecule has 0 spiro atoms. The van der Waals surface area contributed by atoms with Crippen LogP contribution in [0.25, 0.3) is 0 Å². The lowest BCUT2D eigenvalue weighted by molar-refractivity contribution is -0.140. The maximum atomic E-state index is 13.5. The predicted molar refractivity (Wildman–Crippen MR) is 101 cm³/mol. The Hall–Kier alpha value is -2.88. The summed E-state index contributed by atoms with van der Waals surface area (Å²) in [4.78, 5) is 9.27. The molecule has 2 aromatic carbocycles. The maximum absolute atomic E-state index is 13.5. The van der Waals surface area contributed by atoms with Gasteiger partial charge in [0.15, 0.2) is 0 Å². The van der Waals surface area contributed by atoms with E-state index in [-0.39, 0.29) is 34.2 Å². The van der Waals surface area contributed by atoms with Gasteiger partial charge in [-0.25, -0.2) is 14.4 Å². The topological polar surface area (TPSA) is 29.0 Å². The van der Waals surface area contributed by atoms with Crippen molar-refractivity contribution in [3.63, 3.8) is 0 Å². The number of alkyl halides is 6. The summed E-state index contributed by atoms with van der Waals surface area (Å²) in [6.07, 6.45) is -8.38. The molecule has 3 rings (SSSR count). The first-order valence-corrected chi connectivity index (χ1v) is 9.01. The molecular weight excluding hydrogens is 451 g/mol. The third kappa shape index (κ3) is 5.25. The number of hydrogen-bond donors (Lipinski definition) is 0. The van der Waals surface area contributed by atoms with Crippen LogP contribution in [0.1, 0.15) is 22.4 Å². The van der Waals surface area contributed by atoms with E-state index in [1.165, 1.54) is 24.1 Å². The van der Waals surface area contributed by atoms with E-state index in [0.717, 1.165) is 30.6 Å². The van der Waals surface area contributed by atoms with E-state index >= 15 is 0 Å². The molecule has 0 N–H and O–H groups in total. The van der Waals surface area contributed by atoms with E-state index in [0.29, 0.717) is 6.07 Å². The van der Waals surface area contributed by atoms with Crippen molar-refractivity contribution >= 4 is 23.1 Å². The van der Waals surface area contributed by atoms with E-state index < -0.39 is 29.3 Å². The molecule has 0 amide bonds. The van der Waals surface area contributed by atoms with Crippen LogP contribution in [0.3, 0.4) is 0 Å². The third-order valence-electron chi connectivity index (χ3n) is 4.41. The minimum atomic E-state index is -4.85. The van der Waals surface area contributed by atoms with Crippen LogP contribution < -0.4 is 4.90 Å². The minimum absolute atomic E-state index is 0.0299. The van der Waals surface area contributed by atoms with Crippen molar-refractivity contribution in [2.75, 3.05) is 11.9 Å².